The lowest BCUT2D eigenvalue weighted by molar-refractivity contribution is 0.0697. The summed E-state index contributed by atoms with van der Waals surface area (Å²) in [4.78, 5) is 10.6. The van der Waals surface area contributed by atoms with Gasteiger partial charge in [0.05, 0.1) is 17.5 Å². The molecule has 0 unspecified atom stereocenters. The molecule has 0 aliphatic carbocycles. The highest BCUT2D eigenvalue weighted by Crippen LogP contribution is 2.21. The van der Waals surface area contributed by atoms with Gasteiger partial charge < -0.3 is 5.11 Å². The van der Waals surface area contributed by atoms with Gasteiger partial charge in [0.25, 0.3) is 0 Å². The largest absolute Gasteiger partial charge is 0.478 e. The van der Waals surface area contributed by atoms with E-state index in [0.717, 1.165) is 0 Å². The van der Waals surface area contributed by atoms with Crippen LogP contribution in [0.4, 0.5) is 5.69 Å². The standard InChI is InChI=1S/C8H6N2O4S/c11-8(12)5-1-2-6-4-9-15(13,14)10-7(6)3-5/h1-4,10H,(H,11,12). The van der Waals surface area contributed by atoms with Crippen LogP contribution >= 0.6 is 0 Å². The van der Waals surface area contributed by atoms with Gasteiger partial charge >= 0.3 is 16.2 Å². The highest BCUT2D eigenvalue weighted by atomic mass is 32.2. The van der Waals surface area contributed by atoms with E-state index in [1.165, 1.54) is 24.4 Å². The molecule has 0 radical (unpaired) electrons. The number of carbonyl (C=O) groups is 1. The molecule has 7 heteroatoms. The molecule has 0 amide bonds. The zero-order valence-electron chi connectivity index (χ0n) is 7.34. The van der Waals surface area contributed by atoms with Crippen molar-refractivity contribution in [1.29, 1.82) is 0 Å². The average Bonchev–Trinajstić information content (AvgIpc) is 2.15. The molecule has 0 saturated carbocycles. The summed E-state index contributed by atoms with van der Waals surface area (Å²) < 4.78 is 27.5. The Kier molecular flexibility index (Phi) is 1.97. The van der Waals surface area contributed by atoms with Crippen molar-refractivity contribution in [3.63, 3.8) is 0 Å². The molecule has 0 fully saturated rings. The summed E-state index contributed by atoms with van der Waals surface area (Å²) in [5.74, 6) is -1.11. The number of nitrogens with zero attached hydrogens (tertiary/aromatic N) is 1. The van der Waals surface area contributed by atoms with Crippen molar-refractivity contribution in [1.82, 2.24) is 0 Å². The van der Waals surface area contributed by atoms with Crippen molar-refractivity contribution in [3.8, 4) is 0 Å². The van der Waals surface area contributed by atoms with Crippen molar-refractivity contribution in [2.45, 2.75) is 0 Å². The van der Waals surface area contributed by atoms with E-state index in [9.17, 15) is 13.2 Å². The molecule has 6 nitrogen and oxygen atoms in total. The molecule has 2 N–H and O–H groups in total. The lowest BCUT2D eigenvalue weighted by atomic mass is 10.1. The number of hydrogen-bond acceptors (Lipinski definition) is 3. The second-order valence-electron chi connectivity index (χ2n) is 2.92. The van der Waals surface area contributed by atoms with Crippen LogP contribution in [0.1, 0.15) is 15.9 Å². The fourth-order valence-corrected chi connectivity index (χ4v) is 1.94. The SMILES string of the molecule is O=C(O)c1ccc2c(c1)NS(=O)(=O)N=C2. The maximum atomic E-state index is 11.0. The van der Waals surface area contributed by atoms with Gasteiger partial charge in [-0.2, -0.15) is 12.8 Å². The first-order valence-electron chi connectivity index (χ1n) is 3.93. The van der Waals surface area contributed by atoms with E-state index in [4.69, 9.17) is 5.11 Å². The van der Waals surface area contributed by atoms with E-state index in [2.05, 4.69) is 9.12 Å². The van der Waals surface area contributed by atoms with Gasteiger partial charge in [0, 0.05) is 5.56 Å². The number of carboxylic acid groups (broad SMARTS) is 1. The molecule has 1 aliphatic heterocycles. The van der Waals surface area contributed by atoms with Gasteiger partial charge in [-0.05, 0) is 12.1 Å². The molecule has 1 aromatic rings. The highest BCUT2D eigenvalue weighted by Gasteiger charge is 2.16. The number of fused-ring (bicyclic) bond motifs is 1. The van der Waals surface area contributed by atoms with Gasteiger partial charge in [0.1, 0.15) is 0 Å². The molecule has 0 spiro atoms. The van der Waals surface area contributed by atoms with Crippen LogP contribution in [0, 0.1) is 0 Å². The quantitative estimate of drug-likeness (QED) is 0.727. The average molecular weight is 226 g/mol. The summed E-state index contributed by atoms with van der Waals surface area (Å²) >= 11 is 0. The molecule has 0 aromatic heterocycles. The summed E-state index contributed by atoms with van der Waals surface area (Å²) in [5, 5.41) is 8.71. The van der Waals surface area contributed by atoms with E-state index in [-0.39, 0.29) is 11.3 Å². The Morgan fingerprint density at radius 3 is 2.80 bits per heavy atom. The normalized spacial score (nSPS) is 16.5. The predicted molar refractivity (Wildman–Crippen MR) is 53.5 cm³/mol. The maximum absolute atomic E-state index is 11.0. The zero-order valence-corrected chi connectivity index (χ0v) is 8.15. The predicted octanol–water partition coefficient (Wildman–Crippen LogP) is 0.474. The van der Waals surface area contributed by atoms with Crippen LogP contribution in [0.3, 0.4) is 0 Å². The topological polar surface area (TPSA) is 95.8 Å². The number of rotatable bonds is 1. The van der Waals surface area contributed by atoms with Crippen molar-refractivity contribution in [2.75, 3.05) is 4.72 Å². The third-order valence-electron chi connectivity index (χ3n) is 1.87. The van der Waals surface area contributed by atoms with Crippen LogP contribution in [0.15, 0.2) is 22.6 Å². The van der Waals surface area contributed by atoms with Crippen LogP contribution in [-0.4, -0.2) is 25.7 Å². The van der Waals surface area contributed by atoms with Gasteiger partial charge in [-0.1, -0.05) is 6.07 Å². The van der Waals surface area contributed by atoms with E-state index >= 15 is 0 Å². The highest BCUT2D eigenvalue weighted by molar-refractivity contribution is 7.91. The van der Waals surface area contributed by atoms with Crippen LogP contribution in [0.2, 0.25) is 0 Å². The van der Waals surface area contributed by atoms with E-state index in [1.807, 2.05) is 0 Å². The Balaban J connectivity index is 2.55. The molecule has 1 heterocycles. The molecule has 1 aliphatic rings. The molecule has 15 heavy (non-hydrogen) atoms. The minimum Gasteiger partial charge on any atom is -0.478 e. The minimum absolute atomic E-state index is 0.0201. The monoisotopic (exact) mass is 226 g/mol. The third-order valence-corrected chi connectivity index (χ3v) is 2.73. The van der Waals surface area contributed by atoms with Crippen LogP contribution in [0.25, 0.3) is 0 Å². The molecule has 0 saturated heterocycles. The van der Waals surface area contributed by atoms with E-state index in [0.29, 0.717) is 5.56 Å². The van der Waals surface area contributed by atoms with Crippen molar-refractivity contribution in [3.05, 3.63) is 29.3 Å². The fraction of sp³-hybridized carbons (Fsp3) is 0. The van der Waals surface area contributed by atoms with Crippen molar-refractivity contribution >= 4 is 28.1 Å². The number of carboxylic acids is 1. The van der Waals surface area contributed by atoms with Gasteiger partial charge in [0.15, 0.2) is 0 Å². The van der Waals surface area contributed by atoms with Gasteiger partial charge in [-0.25, -0.2) is 4.79 Å². The first kappa shape index (κ1) is 9.66. The van der Waals surface area contributed by atoms with Crippen molar-refractivity contribution in [2.24, 2.45) is 4.40 Å². The molecule has 1 aromatic carbocycles. The Bertz CT molecular complexity index is 562. The minimum atomic E-state index is -3.71. The zero-order chi connectivity index (χ0) is 11.1. The lowest BCUT2D eigenvalue weighted by Gasteiger charge is -2.12. The first-order valence-corrected chi connectivity index (χ1v) is 5.37. The molecule has 78 valence electrons. The number of nitrogens with one attached hydrogen (secondary N) is 1. The van der Waals surface area contributed by atoms with Crippen LogP contribution < -0.4 is 4.72 Å². The fourth-order valence-electron chi connectivity index (χ4n) is 1.18. The maximum Gasteiger partial charge on any atom is 0.342 e. The number of benzene rings is 1. The molecular weight excluding hydrogens is 220 g/mol. The summed E-state index contributed by atoms with van der Waals surface area (Å²) in [6.45, 7) is 0. The Morgan fingerprint density at radius 1 is 1.40 bits per heavy atom. The summed E-state index contributed by atoms with van der Waals surface area (Å²) in [7, 11) is -3.71. The molecule has 0 bridgehead atoms. The van der Waals surface area contributed by atoms with Gasteiger partial charge in [-0.3, -0.25) is 4.72 Å². The first-order chi connectivity index (χ1) is 6.98. The Hall–Kier alpha value is -1.89. The number of hydrogen-bond donors (Lipinski definition) is 2. The summed E-state index contributed by atoms with van der Waals surface area (Å²) in [6, 6.07) is 4.12. The van der Waals surface area contributed by atoms with E-state index in [1.54, 1.807) is 0 Å². The van der Waals surface area contributed by atoms with Crippen LogP contribution in [0.5, 0.6) is 0 Å². The molecular formula is C8H6N2O4S. The number of aromatic carboxylic acids is 1. The van der Waals surface area contributed by atoms with Crippen molar-refractivity contribution < 1.29 is 18.3 Å². The summed E-state index contributed by atoms with van der Waals surface area (Å²) in [6.07, 6.45) is 1.17. The van der Waals surface area contributed by atoms with E-state index < -0.39 is 16.2 Å². The summed E-state index contributed by atoms with van der Waals surface area (Å²) in [5.41, 5.74) is 0.784. The Labute approximate surface area is 85.5 Å². The van der Waals surface area contributed by atoms with Gasteiger partial charge in [-0.15, -0.1) is 0 Å². The number of anilines is 1. The third kappa shape index (κ3) is 1.82. The smallest absolute Gasteiger partial charge is 0.342 e. The molecule has 0 atom stereocenters. The second-order valence-corrected chi connectivity index (χ2v) is 4.28. The molecule has 2 rings (SSSR count). The Morgan fingerprint density at radius 2 is 2.13 bits per heavy atom. The lowest BCUT2D eigenvalue weighted by Crippen LogP contribution is -2.16. The van der Waals surface area contributed by atoms with Crippen LogP contribution in [-0.2, 0) is 10.2 Å². The second kappa shape index (κ2) is 3.06. The van der Waals surface area contributed by atoms with Gasteiger partial charge in [0.2, 0.25) is 0 Å².